The van der Waals surface area contributed by atoms with Gasteiger partial charge in [0, 0.05) is 24.5 Å². The first kappa shape index (κ1) is 16.6. The highest BCUT2D eigenvalue weighted by molar-refractivity contribution is 6.05. The van der Waals surface area contributed by atoms with E-state index in [9.17, 15) is 4.79 Å². The summed E-state index contributed by atoms with van der Waals surface area (Å²) < 4.78 is 5.13. The summed E-state index contributed by atoms with van der Waals surface area (Å²) in [6.45, 7) is 8.25. The molecule has 2 heterocycles. The minimum absolute atomic E-state index is 0.162. The zero-order chi connectivity index (χ0) is 17.1. The molecule has 0 spiro atoms. The molecule has 0 bridgehead atoms. The summed E-state index contributed by atoms with van der Waals surface area (Å²) >= 11 is 0. The van der Waals surface area contributed by atoms with Crippen molar-refractivity contribution in [2.75, 3.05) is 23.3 Å². The number of hydrogen-bond acceptors (Lipinski definition) is 4. The third kappa shape index (κ3) is 3.45. The van der Waals surface area contributed by atoms with Gasteiger partial charge in [-0.3, -0.25) is 4.79 Å². The SMILES string of the molecule is CCc1noc(C)c1C(=O)Nc1ccc(N2CCC(C)CC2)cc1. The Morgan fingerprint density at radius 2 is 1.96 bits per heavy atom. The number of nitrogens with zero attached hydrogens (tertiary/aromatic N) is 2. The van der Waals surface area contributed by atoms with Gasteiger partial charge in [0.05, 0.1) is 5.69 Å². The van der Waals surface area contributed by atoms with Gasteiger partial charge >= 0.3 is 0 Å². The number of piperidine rings is 1. The maximum atomic E-state index is 12.5. The molecule has 1 aromatic carbocycles. The average Bonchev–Trinajstić information content (AvgIpc) is 2.97. The Balaban J connectivity index is 1.68. The van der Waals surface area contributed by atoms with Crippen LogP contribution >= 0.6 is 0 Å². The van der Waals surface area contributed by atoms with Crippen molar-refractivity contribution in [1.29, 1.82) is 0 Å². The lowest BCUT2D eigenvalue weighted by Gasteiger charge is -2.32. The molecule has 1 aliphatic rings. The molecule has 1 aliphatic heterocycles. The van der Waals surface area contributed by atoms with E-state index >= 15 is 0 Å². The van der Waals surface area contributed by atoms with Crippen LogP contribution in [0.25, 0.3) is 0 Å². The van der Waals surface area contributed by atoms with Crippen molar-refractivity contribution < 1.29 is 9.32 Å². The zero-order valence-electron chi connectivity index (χ0n) is 14.6. The van der Waals surface area contributed by atoms with E-state index in [0.29, 0.717) is 23.4 Å². The second-order valence-corrected chi connectivity index (χ2v) is 6.58. The Bertz CT molecular complexity index is 698. The molecule has 0 atom stereocenters. The maximum Gasteiger partial charge on any atom is 0.261 e. The number of carbonyl (C=O) groups excluding carboxylic acids is 1. The van der Waals surface area contributed by atoms with Crippen LogP contribution < -0.4 is 10.2 Å². The molecular weight excluding hydrogens is 302 g/mol. The summed E-state index contributed by atoms with van der Waals surface area (Å²) in [5, 5.41) is 6.88. The Morgan fingerprint density at radius 3 is 2.58 bits per heavy atom. The first-order chi connectivity index (χ1) is 11.6. The first-order valence-corrected chi connectivity index (χ1v) is 8.70. The van der Waals surface area contributed by atoms with Crippen LogP contribution in [-0.2, 0) is 6.42 Å². The number of amides is 1. The molecule has 1 saturated heterocycles. The van der Waals surface area contributed by atoms with Crippen molar-refractivity contribution in [3.8, 4) is 0 Å². The van der Waals surface area contributed by atoms with Crippen LogP contribution in [-0.4, -0.2) is 24.2 Å². The fraction of sp³-hybridized carbons (Fsp3) is 0.474. The van der Waals surface area contributed by atoms with Crippen molar-refractivity contribution in [1.82, 2.24) is 5.16 Å². The second kappa shape index (κ2) is 7.07. The number of benzene rings is 1. The largest absolute Gasteiger partial charge is 0.372 e. The highest BCUT2D eigenvalue weighted by Crippen LogP contribution is 2.24. The Hall–Kier alpha value is -2.30. The number of aromatic nitrogens is 1. The van der Waals surface area contributed by atoms with Crippen LogP contribution in [0.3, 0.4) is 0 Å². The summed E-state index contributed by atoms with van der Waals surface area (Å²) in [6.07, 6.45) is 3.16. The van der Waals surface area contributed by atoms with Crippen molar-refractivity contribution in [3.05, 3.63) is 41.3 Å². The summed E-state index contributed by atoms with van der Waals surface area (Å²) in [5.74, 6) is 1.22. The van der Waals surface area contributed by atoms with Gasteiger partial charge in [0.25, 0.3) is 5.91 Å². The number of aryl methyl sites for hydroxylation is 2. The molecule has 0 unspecified atom stereocenters. The molecule has 0 radical (unpaired) electrons. The standard InChI is InChI=1S/C19H25N3O2/c1-4-17-18(14(3)24-21-17)19(23)20-15-5-7-16(8-6-15)22-11-9-13(2)10-12-22/h5-8,13H,4,9-12H2,1-3H3,(H,20,23). The third-order valence-corrected chi connectivity index (χ3v) is 4.77. The van der Waals surface area contributed by atoms with E-state index in [1.807, 2.05) is 19.1 Å². The number of rotatable bonds is 4. The van der Waals surface area contributed by atoms with Crippen molar-refractivity contribution in [3.63, 3.8) is 0 Å². The molecule has 0 aliphatic carbocycles. The molecular formula is C19H25N3O2. The Kier molecular flexibility index (Phi) is 4.88. The fourth-order valence-electron chi connectivity index (χ4n) is 3.17. The van der Waals surface area contributed by atoms with Crippen LogP contribution in [0, 0.1) is 12.8 Å². The van der Waals surface area contributed by atoms with Crippen molar-refractivity contribution >= 4 is 17.3 Å². The van der Waals surface area contributed by atoms with Crippen LogP contribution in [0.4, 0.5) is 11.4 Å². The summed E-state index contributed by atoms with van der Waals surface area (Å²) in [6, 6.07) is 8.07. The fourth-order valence-corrected chi connectivity index (χ4v) is 3.17. The van der Waals surface area contributed by atoms with Gasteiger partial charge in [-0.25, -0.2) is 0 Å². The Labute approximate surface area is 143 Å². The van der Waals surface area contributed by atoms with Crippen molar-refractivity contribution in [2.45, 2.75) is 40.0 Å². The quantitative estimate of drug-likeness (QED) is 0.921. The monoisotopic (exact) mass is 327 g/mol. The van der Waals surface area contributed by atoms with Crippen LogP contribution in [0.5, 0.6) is 0 Å². The number of hydrogen-bond donors (Lipinski definition) is 1. The first-order valence-electron chi connectivity index (χ1n) is 8.70. The lowest BCUT2D eigenvalue weighted by atomic mass is 9.99. The molecule has 128 valence electrons. The average molecular weight is 327 g/mol. The molecule has 0 saturated carbocycles. The van der Waals surface area contributed by atoms with Gasteiger partial charge < -0.3 is 14.7 Å². The minimum atomic E-state index is -0.162. The number of carbonyl (C=O) groups is 1. The molecule has 1 N–H and O–H groups in total. The van der Waals surface area contributed by atoms with Gasteiger partial charge in [0.2, 0.25) is 0 Å². The molecule has 1 amide bonds. The predicted octanol–water partition coefficient (Wildman–Crippen LogP) is 4.03. The van der Waals surface area contributed by atoms with E-state index in [1.165, 1.54) is 18.5 Å². The lowest BCUT2D eigenvalue weighted by Crippen LogP contribution is -2.32. The van der Waals surface area contributed by atoms with E-state index in [4.69, 9.17) is 4.52 Å². The molecule has 2 aromatic rings. The molecule has 1 fully saturated rings. The smallest absolute Gasteiger partial charge is 0.261 e. The van der Waals surface area contributed by atoms with Gasteiger partial charge in [-0.15, -0.1) is 0 Å². The minimum Gasteiger partial charge on any atom is -0.372 e. The van der Waals surface area contributed by atoms with Crippen LogP contribution in [0.2, 0.25) is 0 Å². The lowest BCUT2D eigenvalue weighted by molar-refractivity contribution is 0.102. The van der Waals surface area contributed by atoms with Gasteiger partial charge in [-0.05, 0) is 56.4 Å². The van der Waals surface area contributed by atoms with E-state index < -0.39 is 0 Å². The highest BCUT2D eigenvalue weighted by atomic mass is 16.5. The number of nitrogens with one attached hydrogen (secondary N) is 1. The van der Waals surface area contributed by atoms with Gasteiger partial charge in [-0.2, -0.15) is 0 Å². The van der Waals surface area contributed by atoms with E-state index in [2.05, 4.69) is 34.4 Å². The summed E-state index contributed by atoms with van der Waals surface area (Å²) in [5.41, 5.74) is 3.25. The zero-order valence-corrected chi connectivity index (χ0v) is 14.6. The predicted molar refractivity (Wildman–Crippen MR) is 95.6 cm³/mol. The van der Waals surface area contributed by atoms with Crippen LogP contribution in [0.1, 0.15) is 48.5 Å². The number of anilines is 2. The molecule has 3 rings (SSSR count). The van der Waals surface area contributed by atoms with Gasteiger partial charge in [-0.1, -0.05) is 19.0 Å². The molecule has 24 heavy (non-hydrogen) atoms. The van der Waals surface area contributed by atoms with Crippen molar-refractivity contribution in [2.24, 2.45) is 5.92 Å². The summed E-state index contributed by atoms with van der Waals surface area (Å²) in [7, 11) is 0. The molecule has 5 nitrogen and oxygen atoms in total. The maximum absolute atomic E-state index is 12.5. The normalized spacial score (nSPS) is 15.5. The van der Waals surface area contributed by atoms with E-state index in [0.717, 1.165) is 24.7 Å². The van der Waals surface area contributed by atoms with Crippen LogP contribution in [0.15, 0.2) is 28.8 Å². The molecule has 1 aromatic heterocycles. The topological polar surface area (TPSA) is 58.4 Å². The van der Waals surface area contributed by atoms with Gasteiger partial charge in [0.15, 0.2) is 0 Å². The Morgan fingerprint density at radius 1 is 1.29 bits per heavy atom. The third-order valence-electron chi connectivity index (χ3n) is 4.77. The van der Waals surface area contributed by atoms with Gasteiger partial charge in [0.1, 0.15) is 11.3 Å². The second-order valence-electron chi connectivity index (χ2n) is 6.58. The summed E-state index contributed by atoms with van der Waals surface area (Å²) in [4.78, 5) is 14.9. The van der Waals surface area contributed by atoms with E-state index in [-0.39, 0.29) is 5.91 Å². The van der Waals surface area contributed by atoms with E-state index in [1.54, 1.807) is 6.92 Å². The highest BCUT2D eigenvalue weighted by Gasteiger charge is 2.19. The molecule has 5 heteroatoms.